The Hall–Kier alpha value is -2.34. The predicted octanol–water partition coefficient (Wildman–Crippen LogP) is 3.52. The molecule has 3 rings (SSSR count). The highest BCUT2D eigenvalue weighted by atomic mass is 32.2. The summed E-state index contributed by atoms with van der Waals surface area (Å²) in [6.07, 6.45) is 0.691. The van der Waals surface area contributed by atoms with Crippen molar-refractivity contribution in [3.63, 3.8) is 0 Å². The van der Waals surface area contributed by atoms with E-state index in [1.165, 1.54) is 11.8 Å². The molecule has 0 saturated heterocycles. The first-order valence-corrected chi connectivity index (χ1v) is 7.97. The summed E-state index contributed by atoms with van der Waals surface area (Å²) in [4.78, 5) is 12.0. The molecule has 3 aromatic rings. The molecule has 5 nitrogen and oxygen atoms in total. The quantitative estimate of drug-likeness (QED) is 0.730. The molecule has 1 aromatic heterocycles. The van der Waals surface area contributed by atoms with E-state index in [-0.39, 0.29) is 11.7 Å². The van der Waals surface area contributed by atoms with Gasteiger partial charge >= 0.3 is 0 Å². The maximum absolute atomic E-state index is 12.0. The number of benzene rings is 2. The Labute approximate surface area is 132 Å². The smallest absolute Gasteiger partial charge is 0.277 e. The van der Waals surface area contributed by atoms with Crippen LogP contribution < -0.4 is 5.32 Å². The number of nitrogens with zero attached hydrogens (tertiary/aromatic N) is 2. The van der Waals surface area contributed by atoms with Gasteiger partial charge in [-0.1, -0.05) is 49.0 Å². The van der Waals surface area contributed by atoms with Gasteiger partial charge in [-0.25, -0.2) is 0 Å². The van der Waals surface area contributed by atoms with Crippen molar-refractivity contribution in [2.75, 3.05) is 11.1 Å². The van der Waals surface area contributed by atoms with E-state index in [0.717, 1.165) is 16.5 Å². The van der Waals surface area contributed by atoms with Gasteiger partial charge in [0, 0.05) is 12.1 Å². The molecule has 0 radical (unpaired) electrons. The first-order chi connectivity index (χ1) is 10.7. The second-order valence-electron chi connectivity index (χ2n) is 4.71. The number of carbonyl (C=O) groups excluding carboxylic acids is 1. The van der Waals surface area contributed by atoms with Gasteiger partial charge in [0.1, 0.15) is 0 Å². The van der Waals surface area contributed by atoms with Crippen molar-refractivity contribution in [1.82, 2.24) is 10.2 Å². The molecule has 1 heterocycles. The molecule has 0 aliphatic carbocycles. The Morgan fingerprint density at radius 2 is 2.00 bits per heavy atom. The van der Waals surface area contributed by atoms with Gasteiger partial charge < -0.3 is 9.73 Å². The van der Waals surface area contributed by atoms with Crippen LogP contribution in [0.1, 0.15) is 12.8 Å². The lowest BCUT2D eigenvalue weighted by molar-refractivity contribution is -0.113. The summed E-state index contributed by atoms with van der Waals surface area (Å²) >= 11 is 1.24. The minimum atomic E-state index is -0.100. The van der Waals surface area contributed by atoms with Crippen molar-refractivity contribution in [2.45, 2.75) is 18.6 Å². The SMILES string of the molecule is CCc1nnc(SCC(=O)Nc2ccc3ccccc3c2)o1. The maximum atomic E-state index is 12.0. The Balaban J connectivity index is 1.60. The lowest BCUT2D eigenvalue weighted by atomic mass is 10.1. The third-order valence-corrected chi connectivity index (χ3v) is 3.93. The Kier molecular flexibility index (Phi) is 4.39. The van der Waals surface area contributed by atoms with E-state index >= 15 is 0 Å². The van der Waals surface area contributed by atoms with E-state index in [1.807, 2.05) is 49.4 Å². The molecule has 22 heavy (non-hydrogen) atoms. The molecule has 2 aromatic carbocycles. The van der Waals surface area contributed by atoms with Gasteiger partial charge in [0.15, 0.2) is 0 Å². The van der Waals surface area contributed by atoms with E-state index in [1.54, 1.807) is 0 Å². The van der Waals surface area contributed by atoms with E-state index in [9.17, 15) is 4.79 Å². The average Bonchev–Trinajstić information content (AvgIpc) is 3.01. The molecule has 0 fully saturated rings. The summed E-state index contributed by atoms with van der Waals surface area (Å²) in [7, 11) is 0. The van der Waals surface area contributed by atoms with Crippen molar-refractivity contribution in [2.24, 2.45) is 0 Å². The second-order valence-corrected chi connectivity index (χ2v) is 5.64. The van der Waals surface area contributed by atoms with Crippen molar-refractivity contribution in [3.8, 4) is 0 Å². The zero-order chi connectivity index (χ0) is 15.4. The lowest BCUT2D eigenvalue weighted by Crippen LogP contribution is -2.13. The first-order valence-electron chi connectivity index (χ1n) is 6.98. The molecule has 0 bridgehead atoms. The second kappa shape index (κ2) is 6.62. The summed E-state index contributed by atoms with van der Waals surface area (Å²) in [5, 5.41) is 13.3. The average molecular weight is 313 g/mol. The summed E-state index contributed by atoms with van der Waals surface area (Å²) in [5.74, 6) is 0.715. The van der Waals surface area contributed by atoms with Crippen LogP contribution in [0.2, 0.25) is 0 Å². The van der Waals surface area contributed by atoms with E-state index in [4.69, 9.17) is 4.42 Å². The molecule has 1 amide bonds. The van der Waals surface area contributed by atoms with Crippen molar-refractivity contribution in [1.29, 1.82) is 0 Å². The minimum Gasteiger partial charge on any atom is -0.416 e. The number of aryl methyl sites for hydroxylation is 1. The van der Waals surface area contributed by atoms with Gasteiger partial charge in [-0.2, -0.15) is 0 Å². The van der Waals surface area contributed by atoms with Crippen LogP contribution in [0.4, 0.5) is 5.69 Å². The number of rotatable bonds is 5. The standard InChI is InChI=1S/C16H15N3O2S/c1-2-15-18-19-16(21-15)22-10-14(20)17-13-8-7-11-5-3-4-6-12(11)9-13/h3-9H,2,10H2,1H3,(H,17,20). The fourth-order valence-electron chi connectivity index (χ4n) is 2.03. The van der Waals surface area contributed by atoms with Crippen LogP contribution in [-0.4, -0.2) is 21.9 Å². The van der Waals surface area contributed by atoms with Gasteiger partial charge in [0.25, 0.3) is 5.22 Å². The molecule has 0 spiro atoms. The maximum Gasteiger partial charge on any atom is 0.277 e. The van der Waals surface area contributed by atoms with Crippen LogP contribution in [0, 0.1) is 0 Å². The summed E-state index contributed by atoms with van der Waals surface area (Å²) < 4.78 is 5.35. The van der Waals surface area contributed by atoms with Gasteiger partial charge in [0.2, 0.25) is 11.8 Å². The minimum absolute atomic E-state index is 0.100. The van der Waals surface area contributed by atoms with Crippen LogP contribution in [-0.2, 0) is 11.2 Å². The zero-order valence-electron chi connectivity index (χ0n) is 12.1. The fraction of sp³-hybridized carbons (Fsp3) is 0.188. The summed E-state index contributed by atoms with van der Waals surface area (Å²) in [5.41, 5.74) is 0.782. The number of fused-ring (bicyclic) bond motifs is 1. The molecule has 0 aliphatic rings. The first kappa shape index (κ1) is 14.6. The van der Waals surface area contributed by atoms with E-state index < -0.39 is 0 Å². The monoisotopic (exact) mass is 313 g/mol. The van der Waals surface area contributed by atoms with Crippen LogP contribution in [0.3, 0.4) is 0 Å². The topological polar surface area (TPSA) is 68.0 Å². The molecular formula is C16H15N3O2S. The third kappa shape index (κ3) is 3.46. The number of nitrogens with one attached hydrogen (secondary N) is 1. The Bertz CT molecular complexity index is 801. The highest BCUT2D eigenvalue weighted by molar-refractivity contribution is 7.99. The van der Waals surface area contributed by atoms with E-state index in [2.05, 4.69) is 15.5 Å². The highest BCUT2D eigenvalue weighted by Gasteiger charge is 2.09. The number of anilines is 1. The number of amides is 1. The largest absolute Gasteiger partial charge is 0.416 e. The predicted molar refractivity (Wildman–Crippen MR) is 87.0 cm³/mol. The number of hydrogen-bond donors (Lipinski definition) is 1. The van der Waals surface area contributed by atoms with Crippen molar-refractivity contribution < 1.29 is 9.21 Å². The highest BCUT2D eigenvalue weighted by Crippen LogP contribution is 2.20. The van der Waals surface area contributed by atoms with Crippen LogP contribution >= 0.6 is 11.8 Å². The van der Waals surface area contributed by atoms with Crippen LogP contribution in [0.15, 0.2) is 52.1 Å². The van der Waals surface area contributed by atoms with Gasteiger partial charge in [0.05, 0.1) is 5.75 Å². The van der Waals surface area contributed by atoms with Gasteiger partial charge in [-0.15, -0.1) is 10.2 Å². The molecule has 0 unspecified atom stereocenters. The fourth-order valence-corrected chi connectivity index (χ4v) is 2.61. The number of thioether (sulfide) groups is 1. The molecule has 112 valence electrons. The number of carbonyl (C=O) groups is 1. The normalized spacial score (nSPS) is 10.8. The lowest BCUT2D eigenvalue weighted by Gasteiger charge is -2.05. The van der Waals surface area contributed by atoms with Crippen molar-refractivity contribution in [3.05, 3.63) is 48.4 Å². The Morgan fingerprint density at radius 3 is 2.77 bits per heavy atom. The van der Waals surface area contributed by atoms with Crippen LogP contribution in [0.25, 0.3) is 10.8 Å². The molecular weight excluding hydrogens is 298 g/mol. The summed E-state index contributed by atoms with van der Waals surface area (Å²) in [6.45, 7) is 1.94. The molecule has 0 atom stereocenters. The van der Waals surface area contributed by atoms with Gasteiger partial charge in [-0.05, 0) is 22.9 Å². The van der Waals surface area contributed by atoms with Crippen molar-refractivity contribution >= 4 is 34.1 Å². The van der Waals surface area contributed by atoms with E-state index in [0.29, 0.717) is 17.5 Å². The Morgan fingerprint density at radius 1 is 1.18 bits per heavy atom. The zero-order valence-corrected chi connectivity index (χ0v) is 12.9. The van der Waals surface area contributed by atoms with Gasteiger partial charge in [-0.3, -0.25) is 4.79 Å². The number of aromatic nitrogens is 2. The third-order valence-electron chi connectivity index (χ3n) is 3.11. The van der Waals surface area contributed by atoms with Crippen LogP contribution in [0.5, 0.6) is 0 Å². The molecule has 1 N–H and O–H groups in total. The summed E-state index contributed by atoms with van der Waals surface area (Å²) in [6, 6.07) is 13.9. The molecule has 6 heteroatoms. The molecule has 0 saturated carbocycles. The molecule has 0 aliphatic heterocycles. The number of hydrogen-bond acceptors (Lipinski definition) is 5.